The quantitative estimate of drug-likeness (QED) is 0.906. The number of benzene rings is 1. The van der Waals surface area contributed by atoms with E-state index in [-0.39, 0.29) is 17.7 Å². The van der Waals surface area contributed by atoms with Crippen LogP contribution in [-0.4, -0.2) is 22.0 Å². The molecular formula is C18H17ClN4O2. The summed E-state index contributed by atoms with van der Waals surface area (Å²) in [5.41, 5.74) is 6.75. The minimum atomic E-state index is -0.548. The number of hydrogen-bond acceptors (Lipinski definition) is 5. The smallest absolute Gasteiger partial charge is 0.269 e. The van der Waals surface area contributed by atoms with Crippen molar-refractivity contribution >= 4 is 17.5 Å². The molecule has 0 spiro atoms. The standard InChI is InChI=1S/C18H17ClN4O2/c19-15-9-14(6-3-12(15)10-20)25-13-4-1-11(2-5-13)16-17(18(21)24)23-8-7-22-16/h3,6-9,11,13H,1-2,4-5H2,(H2,21,24). The molecule has 3 rings (SSSR count). The van der Waals surface area contributed by atoms with Crippen LogP contribution in [0.5, 0.6) is 5.75 Å². The maximum Gasteiger partial charge on any atom is 0.269 e. The number of hydrogen-bond donors (Lipinski definition) is 1. The van der Waals surface area contributed by atoms with Crippen LogP contribution in [0.1, 0.15) is 53.3 Å². The summed E-state index contributed by atoms with van der Waals surface area (Å²) in [5.74, 6) is 0.263. The van der Waals surface area contributed by atoms with Gasteiger partial charge < -0.3 is 10.5 Å². The largest absolute Gasteiger partial charge is 0.490 e. The Morgan fingerprint density at radius 1 is 1.24 bits per heavy atom. The molecule has 0 bridgehead atoms. The van der Waals surface area contributed by atoms with E-state index in [9.17, 15) is 4.79 Å². The normalized spacial score (nSPS) is 19.8. The van der Waals surface area contributed by atoms with Gasteiger partial charge in [-0.1, -0.05) is 11.6 Å². The van der Waals surface area contributed by atoms with E-state index in [0.717, 1.165) is 25.7 Å². The minimum absolute atomic E-state index is 0.0638. The Bertz CT molecular complexity index is 826. The lowest BCUT2D eigenvalue weighted by Gasteiger charge is -2.29. The van der Waals surface area contributed by atoms with E-state index in [2.05, 4.69) is 9.97 Å². The zero-order chi connectivity index (χ0) is 17.8. The Kier molecular flexibility index (Phi) is 5.15. The first-order chi connectivity index (χ1) is 12.1. The number of ether oxygens (including phenoxy) is 1. The SMILES string of the molecule is N#Cc1ccc(OC2CCC(c3nccnc3C(N)=O)CC2)cc1Cl. The van der Waals surface area contributed by atoms with Gasteiger partial charge in [0.05, 0.1) is 22.4 Å². The number of rotatable bonds is 4. The molecule has 0 aliphatic heterocycles. The highest BCUT2D eigenvalue weighted by molar-refractivity contribution is 6.31. The molecule has 0 saturated heterocycles. The Morgan fingerprint density at radius 3 is 2.60 bits per heavy atom. The average molecular weight is 357 g/mol. The predicted molar refractivity (Wildman–Crippen MR) is 92.3 cm³/mol. The Hall–Kier alpha value is -2.65. The van der Waals surface area contributed by atoms with E-state index < -0.39 is 5.91 Å². The van der Waals surface area contributed by atoms with Gasteiger partial charge in [-0.15, -0.1) is 0 Å². The summed E-state index contributed by atoms with van der Waals surface area (Å²) in [7, 11) is 0. The summed E-state index contributed by atoms with van der Waals surface area (Å²) in [6, 6.07) is 7.10. The van der Waals surface area contributed by atoms with Crippen LogP contribution in [0, 0.1) is 11.3 Å². The number of carbonyl (C=O) groups excluding carboxylic acids is 1. The van der Waals surface area contributed by atoms with Crippen LogP contribution in [0.15, 0.2) is 30.6 Å². The molecule has 7 heteroatoms. The summed E-state index contributed by atoms with van der Waals surface area (Å²) < 4.78 is 5.98. The molecule has 1 aliphatic carbocycles. The van der Waals surface area contributed by atoms with Crippen molar-refractivity contribution in [2.45, 2.75) is 37.7 Å². The molecule has 6 nitrogen and oxygen atoms in total. The fraction of sp³-hybridized carbons (Fsp3) is 0.333. The molecule has 0 unspecified atom stereocenters. The Labute approximate surface area is 150 Å². The van der Waals surface area contributed by atoms with Gasteiger partial charge in [0.1, 0.15) is 17.5 Å². The summed E-state index contributed by atoms with van der Waals surface area (Å²) in [4.78, 5) is 19.9. The lowest BCUT2D eigenvalue weighted by Crippen LogP contribution is -2.26. The number of aromatic nitrogens is 2. The highest BCUT2D eigenvalue weighted by atomic mass is 35.5. The number of amides is 1. The molecule has 1 fully saturated rings. The molecule has 1 saturated carbocycles. The predicted octanol–water partition coefficient (Wildman–Crippen LogP) is 3.21. The van der Waals surface area contributed by atoms with Crippen molar-refractivity contribution in [1.82, 2.24) is 9.97 Å². The molecule has 1 amide bonds. The van der Waals surface area contributed by atoms with Crippen LogP contribution < -0.4 is 10.5 Å². The Morgan fingerprint density at radius 2 is 1.96 bits per heavy atom. The Balaban J connectivity index is 1.64. The molecule has 2 N–H and O–H groups in total. The first-order valence-corrected chi connectivity index (χ1v) is 8.43. The summed E-state index contributed by atoms with van der Waals surface area (Å²) >= 11 is 6.04. The maximum absolute atomic E-state index is 11.5. The van der Waals surface area contributed by atoms with Crippen molar-refractivity contribution in [2.75, 3.05) is 0 Å². The van der Waals surface area contributed by atoms with Gasteiger partial charge in [0, 0.05) is 24.4 Å². The van der Waals surface area contributed by atoms with Gasteiger partial charge in [-0.3, -0.25) is 9.78 Å². The molecule has 25 heavy (non-hydrogen) atoms. The fourth-order valence-corrected chi connectivity index (χ4v) is 3.36. The van der Waals surface area contributed by atoms with Crippen LogP contribution in [0.4, 0.5) is 0 Å². The molecule has 128 valence electrons. The number of halogens is 1. The van der Waals surface area contributed by atoms with Crippen LogP contribution in [-0.2, 0) is 0 Å². The highest BCUT2D eigenvalue weighted by Crippen LogP contribution is 2.35. The molecule has 2 aromatic rings. The monoisotopic (exact) mass is 356 g/mol. The number of nitrogens with two attached hydrogens (primary N) is 1. The van der Waals surface area contributed by atoms with Gasteiger partial charge in [-0.05, 0) is 37.8 Å². The molecule has 0 radical (unpaired) electrons. The summed E-state index contributed by atoms with van der Waals surface area (Å²) in [6.45, 7) is 0. The van der Waals surface area contributed by atoms with Gasteiger partial charge in [0.25, 0.3) is 5.91 Å². The lowest BCUT2D eigenvalue weighted by molar-refractivity contribution is 0.0992. The zero-order valence-electron chi connectivity index (χ0n) is 13.5. The van der Waals surface area contributed by atoms with E-state index in [1.165, 1.54) is 6.20 Å². The van der Waals surface area contributed by atoms with Crippen LogP contribution in [0.3, 0.4) is 0 Å². The molecule has 1 aromatic carbocycles. The van der Waals surface area contributed by atoms with Crippen molar-refractivity contribution < 1.29 is 9.53 Å². The molecule has 1 aromatic heterocycles. The second kappa shape index (κ2) is 7.49. The maximum atomic E-state index is 11.5. The van der Waals surface area contributed by atoms with Gasteiger partial charge in [0.2, 0.25) is 0 Å². The van der Waals surface area contributed by atoms with Crippen molar-refractivity contribution in [2.24, 2.45) is 5.73 Å². The number of carbonyl (C=O) groups is 1. The first kappa shape index (κ1) is 17.2. The molecular weight excluding hydrogens is 340 g/mol. The lowest BCUT2D eigenvalue weighted by atomic mass is 9.84. The van der Waals surface area contributed by atoms with Crippen molar-refractivity contribution in [3.63, 3.8) is 0 Å². The van der Waals surface area contributed by atoms with Crippen LogP contribution in [0.25, 0.3) is 0 Å². The van der Waals surface area contributed by atoms with E-state index >= 15 is 0 Å². The molecule has 1 heterocycles. The number of nitrogens with zero attached hydrogens (tertiary/aromatic N) is 3. The summed E-state index contributed by atoms with van der Waals surface area (Å²) in [5, 5.41) is 9.30. The third-order valence-corrected chi connectivity index (χ3v) is 4.70. The topological polar surface area (TPSA) is 102 Å². The van der Waals surface area contributed by atoms with Crippen molar-refractivity contribution in [3.05, 3.63) is 52.6 Å². The van der Waals surface area contributed by atoms with Crippen molar-refractivity contribution in [1.29, 1.82) is 5.26 Å². The molecule has 0 atom stereocenters. The van der Waals surface area contributed by atoms with Gasteiger partial charge in [0.15, 0.2) is 0 Å². The number of nitriles is 1. The number of primary amides is 1. The third kappa shape index (κ3) is 3.89. The van der Waals surface area contributed by atoms with Gasteiger partial charge in [-0.25, -0.2) is 4.98 Å². The van der Waals surface area contributed by atoms with Crippen molar-refractivity contribution in [3.8, 4) is 11.8 Å². The van der Waals surface area contributed by atoms with Gasteiger partial charge in [-0.2, -0.15) is 5.26 Å². The molecule has 1 aliphatic rings. The first-order valence-electron chi connectivity index (χ1n) is 8.05. The van der Waals surface area contributed by atoms with E-state index in [0.29, 0.717) is 22.0 Å². The van der Waals surface area contributed by atoms with E-state index in [1.54, 1.807) is 24.4 Å². The zero-order valence-corrected chi connectivity index (χ0v) is 14.2. The van der Waals surface area contributed by atoms with Gasteiger partial charge >= 0.3 is 0 Å². The fourth-order valence-electron chi connectivity index (χ4n) is 3.14. The average Bonchev–Trinajstić information content (AvgIpc) is 2.62. The minimum Gasteiger partial charge on any atom is -0.490 e. The summed E-state index contributed by atoms with van der Waals surface area (Å²) in [6.07, 6.45) is 6.47. The highest BCUT2D eigenvalue weighted by Gasteiger charge is 2.27. The third-order valence-electron chi connectivity index (χ3n) is 4.38. The second-order valence-electron chi connectivity index (χ2n) is 6.00. The second-order valence-corrected chi connectivity index (χ2v) is 6.41. The van der Waals surface area contributed by atoms with E-state index in [4.69, 9.17) is 27.3 Å². The van der Waals surface area contributed by atoms with E-state index in [1.807, 2.05) is 6.07 Å². The van der Waals surface area contributed by atoms with Crippen LogP contribution in [0.2, 0.25) is 5.02 Å². The van der Waals surface area contributed by atoms with Crippen LogP contribution >= 0.6 is 11.6 Å².